The van der Waals surface area contributed by atoms with Gasteiger partial charge in [-0.05, 0) is 94.4 Å². The fourth-order valence-corrected chi connectivity index (χ4v) is 9.91. The molecule has 1 aromatic carbocycles. The molecule has 3 aliphatic rings. The summed E-state index contributed by atoms with van der Waals surface area (Å²) >= 11 is 0. The summed E-state index contributed by atoms with van der Waals surface area (Å²) in [5.74, 6) is -6.12. The van der Waals surface area contributed by atoms with Crippen LogP contribution in [0, 0.1) is 18.7 Å². The van der Waals surface area contributed by atoms with E-state index in [1.54, 1.807) is 40.7 Å². The second kappa shape index (κ2) is 28.1. The van der Waals surface area contributed by atoms with Crippen LogP contribution in [0.5, 0.6) is 0 Å². The van der Waals surface area contributed by atoms with Crippen LogP contribution in [0.4, 0.5) is 4.39 Å². The topological polar surface area (TPSA) is 354 Å². The van der Waals surface area contributed by atoms with Crippen LogP contribution in [-0.2, 0) is 73.0 Å². The van der Waals surface area contributed by atoms with Crippen LogP contribution < -0.4 is 32.1 Å². The number of cyclic esters (lactones) is 1. The number of aliphatic hydroxyl groups is 5. The van der Waals surface area contributed by atoms with Gasteiger partial charge in [0, 0.05) is 67.3 Å². The average molecular weight is 1140 g/mol. The Labute approximate surface area is 467 Å². The number of esters is 1. The van der Waals surface area contributed by atoms with Crippen molar-refractivity contribution < 1.29 is 77.8 Å². The number of hydrogen-bond acceptors (Lipinski definition) is 17. The maximum Gasteiger partial charge on any atom is 0.343 e. The monoisotopic (exact) mass is 1130 g/mol. The zero-order chi connectivity index (χ0) is 59.5. The number of pyridine rings is 2. The number of carbonyl (C=O) groups excluding carboxylic acids is 8. The van der Waals surface area contributed by atoms with Crippen LogP contribution in [0.3, 0.4) is 0 Å². The lowest BCUT2D eigenvalue weighted by atomic mass is 9.86. The number of rotatable bonds is 30. The molecule has 8 atom stereocenters. The van der Waals surface area contributed by atoms with E-state index in [1.165, 1.54) is 29.7 Å². The maximum atomic E-state index is 15.4. The number of nitrogens with zero attached hydrogens (tertiary/aromatic N) is 3. The van der Waals surface area contributed by atoms with Gasteiger partial charge in [0.15, 0.2) is 5.60 Å². The number of fused-ring (bicyclic) bond motifs is 5. The van der Waals surface area contributed by atoms with E-state index in [0.29, 0.717) is 66.4 Å². The first-order valence-corrected chi connectivity index (χ1v) is 27.5. The fourth-order valence-electron chi connectivity index (χ4n) is 9.91. The highest BCUT2D eigenvalue weighted by Gasteiger charge is 2.45. The van der Waals surface area contributed by atoms with E-state index in [4.69, 9.17) is 14.5 Å². The zero-order valence-corrected chi connectivity index (χ0v) is 46.5. The first kappa shape index (κ1) is 63.2. The molecular formula is C56H75FN8O16. The van der Waals surface area contributed by atoms with Crippen molar-refractivity contribution in [3.63, 3.8) is 0 Å². The Balaban J connectivity index is 0.982. The van der Waals surface area contributed by atoms with Crippen LogP contribution in [0.25, 0.3) is 22.3 Å². The van der Waals surface area contributed by atoms with Crippen LogP contribution in [0.15, 0.2) is 35.1 Å². The lowest BCUT2D eigenvalue weighted by molar-refractivity contribution is -0.172. The molecule has 0 saturated heterocycles. The van der Waals surface area contributed by atoms with Crippen molar-refractivity contribution in [3.8, 4) is 11.4 Å². The molecule has 7 amide bonds. The van der Waals surface area contributed by atoms with Crippen LogP contribution in [-0.4, -0.2) is 156 Å². The third-order valence-electron chi connectivity index (χ3n) is 15.0. The van der Waals surface area contributed by atoms with Crippen molar-refractivity contribution in [2.24, 2.45) is 5.92 Å². The highest BCUT2D eigenvalue weighted by atomic mass is 19.1. The molecule has 0 radical (unpaired) electrons. The largest absolute Gasteiger partial charge is 0.458 e. The summed E-state index contributed by atoms with van der Waals surface area (Å²) < 4.78 is 27.8. The number of ether oxygens (including phenoxy) is 2. The van der Waals surface area contributed by atoms with Gasteiger partial charge >= 0.3 is 5.97 Å². The predicted octanol–water partition coefficient (Wildman–Crippen LogP) is 0.306. The van der Waals surface area contributed by atoms with E-state index in [1.807, 2.05) is 6.07 Å². The highest BCUT2D eigenvalue weighted by Crippen LogP contribution is 2.39. The standard InChI is InChI=1S/C56H75FN8O16/c1-7-41(66)49(72)50(73)42(67)25-58-43(68)17-16-38(61-44(69)15-10-9-12-20-64-45(70)18-19-46(64)71)52(75)63-47(29(3)4)53(76)60-31(6)51(74)59-28-80-21-13-11-14-33-30(5)37(57)24-39-34(33)22-32-26-65-40(48(32)62-39)23-36-35(54(65)77)27-81-55(78)56(36,79)8-2/h18-19,22-24,29,31,38,41-42,47,49-50,66-67,72-73,79H,7-17,20-21,25-28H2,1-6H3,(H,58,68)(H,59,74)(H,60,76)(H,61,69)(H,63,75)/t31-,38-,41+,42-,47-,49+,50+,56-/m0/s1. The van der Waals surface area contributed by atoms with Crippen molar-refractivity contribution in [2.45, 2.75) is 173 Å². The highest BCUT2D eigenvalue weighted by molar-refractivity contribution is 6.12. The van der Waals surface area contributed by atoms with Crippen LogP contribution in [0.2, 0.25) is 0 Å². The molecule has 81 heavy (non-hydrogen) atoms. The maximum absolute atomic E-state index is 15.4. The van der Waals surface area contributed by atoms with Gasteiger partial charge in [-0.3, -0.25) is 43.3 Å². The molecule has 5 heterocycles. The minimum absolute atomic E-state index is 0.00712. The number of halogens is 1. The summed E-state index contributed by atoms with van der Waals surface area (Å²) in [6.07, 6.45) is -2.05. The van der Waals surface area contributed by atoms with Gasteiger partial charge in [0.2, 0.25) is 29.5 Å². The third kappa shape index (κ3) is 15.1. The molecule has 0 spiro atoms. The van der Waals surface area contributed by atoms with Gasteiger partial charge in [0.25, 0.3) is 17.4 Å². The van der Waals surface area contributed by atoms with Crippen LogP contribution in [0.1, 0.15) is 127 Å². The smallest absolute Gasteiger partial charge is 0.343 e. The number of unbranched alkanes of at least 4 members (excludes halogenated alkanes) is 3. The van der Waals surface area contributed by atoms with E-state index in [2.05, 4.69) is 26.6 Å². The van der Waals surface area contributed by atoms with E-state index >= 15 is 4.39 Å². The molecule has 0 unspecified atom stereocenters. The van der Waals surface area contributed by atoms with Gasteiger partial charge in [-0.25, -0.2) is 14.2 Å². The van der Waals surface area contributed by atoms with E-state index < -0.39 is 119 Å². The van der Waals surface area contributed by atoms with E-state index in [-0.39, 0.29) is 76.3 Å². The van der Waals surface area contributed by atoms with Gasteiger partial charge in [-0.2, -0.15) is 0 Å². The van der Waals surface area contributed by atoms with Crippen molar-refractivity contribution in [2.75, 3.05) is 26.4 Å². The molecule has 2 aromatic heterocycles. The summed E-state index contributed by atoms with van der Waals surface area (Å²) in [4.78, 5) is 122. The molecule has 0 fully saturated rings. The van der Waals surface area contributed by atoms with E-state index in [9.17, 15) is 68.7 Å². The first-order chi connectivity index (χ1) is 38.4. The Morgan fingerprint density at radius 3 is 2.21 bits per heavy atom. The fraction of sp³-hybridized carbons (Fsp3) is 0.571. The van der Waals surface area contributed by atoms with Gasteiger partial charge in [-0.15, -0.1) is 0 Å². The molecule has 3 aliphatic heterocycles. The number of carbonyl (C=O) groups is 8. The Bertz CT molecular complexity index is 2950. The van der Waals surface area contributed by atoms with Gasteiger partial charge in [0.1, 0.15) is 49.5 Å². The molecule has 25 heteroatoms. The molecule has 10 N–H and O–H groups in total. The quantitative estimate of drug-likeness (QED) is 0.0145. The summed E-state index contributed by atoms with van der Waals surface area (Å²) in [6.45, 7) is 9.12. The molecule has 0 aliphatic carbocycles. The second-order valence-corrected chi connectivity index (χ2v) is 21.1. The minimum Gasteiger partial charge on any atom is -0.458 e. The number of hydrogen-bond donors (Lipinski definition) is 10. The number of aliphatic hydroxyl groups excluding tert-OH is 4. The van der Waals surface area contributed by atoms with Crippen LogP contribution >= 0.6 is 0 Å². The van der Waals surface area contributed by atoms with Crippen molar-refractivity contribution in [1.29, 1.82) is 0 Å². The molecule has 24 nitrogen and oxygen atoms in total. The Morgan fingerprint density at radius 2 is 1.53 bits per heavy atom. The molecule has 3 aromatic rings. The van der Waals surface area contributed by atoms with Crippen molar-refractivity contribution in [1.82, 2.24) is 41.0 Å². The second-order valence-electron chi connectivity index (χ2n) is 21.1. The van der Waals surface area contributed by atoms with Gasteiger partial charge in [0.05, 0.1) is 41.2 Å². The number of aryl methyl sites for hydroxylation is 1. The summed E-state index contributed by atoms with van der Waals surface area (Å²) in [7, 11) is 0. The van der Waals surface area contributed by atoms with Gasteiger partial charge < -0.3 is 66.2 Å². The third-order valence-corrected chi connectivity index (χ3v) is 15.0. The van der Waals surface area contributed by atoms with Crippen molar-refractivity contribution >= 4 is 58.2 Å². The predicted molar refractivity (Wildman–Crippen MR) is 288 cm³/mol. The molecule has 6 rings (SSSR count). The molecule has 0 bridgehead atoms. The number of nitrogens with one attached hydrogen (secondary N) is 5. The minimum atomic E-state index is -1.99. The number of benzene rings is 1. The van der Waals surface area contributed by atoms with Crippen molar-refractivity contribution in [3.05, 3.63) is 74.3 Å². The lowest BCUT2D eigenvalue weighted by Gasteiger charge is -2.31. The van der Waals surface area contributed by atoms with Gasteiger partial charge in [-0.1, -0.05) is 34.1 Å². The lowest BCUT2D eigenvalue weighted by Crippen LogP contribution is -2.58. The molecule has 442 valence electrons. The summed E-state index contributed by atoms with van der Waals surface area (Å²) in [6, 6.07) is 1.15. The van der Waals surface area contributed by atoms with E-state index in [0.717, 1.165) is 16.0 Å². The average Bonchev–Trinajstić information content (AvgIpc) is 2.61. The number of imide groups is 1. The Hall–Kier alpha value is -7.03. The number of amides is 7. The SMILES string of the molecule is CC[C@@H](O)[C@@H](O)[C@H](O)[C@@H](O)CNC(=O)CC[C@H](NC(=O)CCCCCN1C(=O)C=CC1=O)C(=O)N[C@H](C(=O)N[C@@H](C)C(=O)NCOCCCCc1c(C)c(F)cc2nc3c(cc12)Cn1c-3cc2c(c1=O)COC(=O)[C@]2(O)CC)C(C)C. The normalized spacial score (nSPS) is 18.0. The summed E-state index contributed by atoms with van der Waals surface area (Å²) in [5, 5.41) is 65.1. The number of aromatic nitrogens is 2. The molecular weight excluding hydrogens is 1060 g/mol. The molecule has 0 saturated carbocycles. The first-order valence-electron chi connectivity index (χ1n) is 27.5. The summed E-state index contributed by atoms with van der Waals surface area (Å²) in [5.41, 5.74) is 1.10. The Kier molecular flexibility index (Phi) is 21.9. The Morgan fingerprint density at radius 1 is 0.827 bits per heavy atom. The zero-order valence-electron chi connectivity index (χ0n) is 46.5.